The van der Waals surface area contributed by atoms with Gasteiger partial charge in [-0.15, -0.1) is 0 Å². The van der Waals surface area contributed by atoms with Crippen LogP contribution in [0.25, 0.3) is 0 Å². The highest BCUT2D eigenvalue weighted by Gasteiger charge is 2.28. The van der Waals surface area contributed by atoms with Crippen molar-refractivity contribution in [2.45, 2.75) is 45.1 Å². The highest BCUT2D eigenvalue weighted by Crippen LogP contribution is 2.27. The van der Waals surface area contributed by atoms with Crippen molar-refractivity contribution in [3.8, 4) is 0 Å². The average Bonchev–Trinajstić information content (AvgIpc) is 2.82. The van der Waals surface area contributed by atoms with Crippen LogP contribution in [0, 0.1) is 6.92 Å². The van der Waals surface area contributed by atoms with Gasteiger partial charge in [-0.05, 0) is 45.7 Å². The van der Waals surface area contributed by atoms with Crippen LogP contribution in [-0.2, 0) is 7.05 Å². The number of aldehydes is 1. The molecule has 3 rings (SSSR count). The zero-order valence-corrected chi connectivity index (χ0v) is 13.2. The summed E-state index contributed by atoms with van der Waals surface area (Å²) < 4.78 is 1.86. The molecule has 5 heteroatoms. The summed E-state index contributed by atoms with van der Waals surface area (Å²) in [6.45, 7) is 6.51. The first-order valence-electron chi connectivity index (χ1n) is 8.18. The molecule has 0 atom stereocenters. The normalized spacial score (nSPS) is 21.7. The number of aryl methyl sites for hydroxylation is 2. The summed E-state index contributed by atoms with van der Waals surface area (Å²) in [6, 6.07) is 0.732. The van der Waals surface area contributed by atoms with Gasteiger partial charge >= 0.3 is 0 Å². The molecule has 0 spiro atoms. The standard InChI is InChI=1S/C16H26N4O/c1-13-15(12-21)16(18(2)17-13)20-10-6-14(7-11-20)19-8-4-3-5-9-19/h12,14H,3-11H2,1-2H3. The molecule has 2 fully saturated rings. The Kier molecular flexibility index (Phi) is 4.29. The van der Waals surface area contributed by atoms with E-state index in [2.05, 4.69) is 14.9 Å². The molecule has 5 nitrogen and oxygen atoms in total. The van der Waals surface area contributed by atoms with Gasteiger partial charge in [0, 0.05) is 26.2 Å². The lowest BCUT2D eigenvalue weighted by Crippen LogP contribution is -2.47. The van der Waals surface area contributed by atoms with E-state index in [1.807, 2.05) is 18.7 Å². The molecule has 0 bridgehead atoms. The van der Waals surface area contributed by atoms with E-state index in [9.17, 15) is 4.79 Å². The molecule has 0 radical (unpaired) electrons. The number of aromatic nitrogens is 2. The summed E-state index contributed by atoms with van der Waals surface area (Å²) in [7, 11) is 1.94. The Labute approximate surface area is 126 Å². The van der Waals surface area contributed by atoms with E-state index in [0.29, 0.717) is 0 Å². The lowest BCUT2D eigenvalue weighted by Gasteiger charge is -2.40. The molecule has 2 aliphatic rings. The number of rotatable bonds is 3. The second kappa shape index (κ2) is 6.18. The van der Waals surface area contributed by atoms with E-state index < -0.39 is 0 Å². The van der Waals surface area contributed by atoms with Crippen molar-refractivity contribution in [3.05, 3.63) is 11.3 Å². The van der Waals surface area contributed by atoms with Crippen molar-refractivity contribution in [3.63, 3.8) is 0 Å². The van der Waals surface area contributed by atoms with E-state index in [1.165, 1.54) is 45.2 Å². The number of carbonyl (C=O) groups is 1. The summed E-state index contributed by atoms with van der Waals surface area (Å²) in [5.41, 5.74) is 1.59. The first kappa shape index (κ1) is 14.6. The largest absolute Gasteiger partial charge is 0.356 e. The minimum atomic E-state index is 0.732. The number of likely N-dealkylation sites (tertiary alicyclic amines) is 1. The first-order valence-corrected chi connectivity index (χ1v) is 8.18. The molecule has 0 amide bonds. The monoisotopic (exact) mass is 290 g/mol. The predicted molar refractivity (Wildman–Crippen MR) is 84.0 cm³/mol. The van der Waals surface area contributed by atoms with Crippen LogP contribution in [0.4, 0.5) is 5.82 Å². The van der Waals surface area contributed by atoms with Gasteiger partial charge in [-0.1, -0.05) is 6.42 Å². The quantitative estimate of drug-likeness (QED) is 0.798. The van der Waals surface area contributed by atoms with Gasteiger partial charge in [-0.3, -0.25) is 9.48 Å². The van der Waals surface area contributed by atoms with Gasteiger partial charge in [-0.25, -0.2) is 0 Å². The number of piperidine rings is 2. The van der Waals surface area contributed by atoms with Crippen LogP contribution in [0.5, 0.6) is 0 Å². The Bertz CT molecular complexity index is 497. The molecule has 21 heavy (non-hydrogen) atoms. The summed E-state index contributed by atoms with van der Waals surface area (Å²) in [4.78, 5) is 16.3. The molecule has 0 saturated carbocycles. The van der Waals surface area contributed by atoms with Crippen LogP contribution >= 0.6 is 0 Å². The Morgan fingerprint density at radius 3 is 2.38 bits per heavy atom. The van der Waals surface area contributed by atoms with Crippen molar-refractivity contribution >= 4 is 12.1 Å². The fraction of sp³-hybridized carbons (Fsp3) is 0.750. The van der Waals surface area contributed by atoms with Crippen molar-refractivity contribution in [1.29, 1.82) is 0 Å². The molecule has 0 aromatic carbocycles. The number of nitrogens with zero attached hydrogens (tertiary/aromatic N) is 4. The van der Waals surface area contributed by atoms with Gasteiger partial charge in [0.2, 0.25) is 0 Å². The predicted octanol–water partition coefficient (Wildman–Crippen LogP) is 2.00. The molecule has 2 saturated heterocycles. The third-order valence-corrected chi connectivity index (χ3v) is 5.03. The first-order chi connectivity index (χ1) is 10.2. The third kappa shape index (κ3) is 2.84. The molecule has 2 aliphatic heterocycles. The van der Waals surface area contributed by atoms with E-state index in [1.54, 1.807) is 0 Å². The van der Waals surface area contributed by atoms with E-state index >= 15 is 0 Å². The van der Waals surface area contributed by atoms with Crippen LogP contribution < -0.4 is 4.90 Å². The summed E-state index contributed by atoms with van der Waals surface area (Å²) in [6.07, 6.45) is 7.46. The van der Waals surface area contributed by atoms with Gasteiger partial charge in [0.1, 0.15) is 5.82 Å². The number of hydrogen-bond acceptors (Lipinski definition) is 4. The van der Waals surface area contributed by atoms with Gasteiger partial charge in [-0.2, -0.15) is 5.10 Å². The molecule has 1 aromatic heterocycles. The SMILES string of the molecule is Cc1nn(C)c(N2CCC(N3CCCCC3)CC2)c1C=O. The maximum atomic E-state index is 11.3. The smallest absolute Gasteiger partial charge is 0.155 e. The lowest BCUT2D eigenvalue weighted by atomic mass is 9.99. The highest BCUT2D eigenvalue weighted by atomic mass is 16.1. The zero-order chi connectivity index (χ0) is 14.8. The fourth-order valence-electron chi connectivity index (χ4n) is 3.90. The van der Waals surface area contributed by atoms with Gasteiger partial charge in [0.15, 0.2) is 6.29 Å². The Morgan fingerprint density at radius 1 is 1.10 bits per heavy atom. The van der Waals surface area contributed by atoms with Crippen LogP contribution in [0.15, 0.2) is 0 Å². The van der Waals surface area contributed by atoms with Gasteiger partial charge < -0.3 is 9.80 Å². The van der Waals surface area contributed by atoms with Crippen LogP contribution in [-0.4, -0.2) is 53.2 Å². The Morgan fingerprint density at radius 2 is 1.76 bits per heavy atom. The minimum Gasteiger partial charge on any atom is -0.356 e. The topological polar surface area (TPSA) is 41.4 Å². The van der Waals surface area contributed by atoms with Gasteiger partial charge in [0.05, 0.1) is 11.3 Å². The Hall–Kier alpha value is -1.36. The number of carbonyl (C=O) groups excluding carboxylic acids is 1. The van der Waals surface area contributed by atoms with Crippen LogP contribution in [0.3, 0.4) is 0 Å². The van der Waals surface area contributed by atoms with E-state index in [-0.39, 0.29) is 0 Å². The van der Waals surface area contributed by atoms with Crippen LogP contribution in [0.2, 0.25) is 0 Å². The summed E-state index contributed by atoms with van der Waals surface area (Å²) in [5.74, 6) is 1.000. The molecule has 1 aromatic rings. The average molecular weight is 290 g/mol. The molecule has 0 unspecified atom stereocenters. The summed E-state index contributed by atoms with van der Waals surface area (Å²) >= 11 is 0. The molecule has 116 valence electrons. The maximum Gasteiger partial charge on any atom is 0.155 e. The maximum absolute atomic E-state index is 11.3. The van der Waals surface area contributed by atoms with Crippen molar-refractivity contribution in [2.75, 3.05) is 31.1 Å². The lowest BCUT2D eigenvalue weighted by molar-refractivity contribution is 0.112. The molecule has 3 heterocycles. The second-order valence-corrected chi connectivity index (χ2v) is 6.38. The van der Waals surface area contributed by atoms with E-state index in [0.717, 1.165) is 42.5 Å². The number of hydrogen-bond donors (Lipinski definition) is 0. The molecule has 0 N–H and O–H groups in total. The summed E-state index contributed by atoms with van der Waals surface area (Å²) in [5, 5.41) is 4.40. The van der Waals surface area contributed by atoms with Crippen molar-refractivity contribution in [2.24, 2.45) is 7.05 Å². The van der Waals surface area contributed by atoms with Crippen molar-refractivity contribution < 1.29 is 4.79 Å². The zero-order valence-electron chi connectivity index (χ0n) is 13.2. The van der Waals surface area contributed by atoms with Crippen LogP contribution in [0.1, 0.15) is 48.2 Å². The fourth-order valence-corrected chi connectivity index (χ4v) is 3.90. The minimum absolute atomic E-state index is 0.732. The van der Waals surface area contributed by atoms with E-state index in [4.69, 9.17) is 0 Å². The molecule has 0 aliphatic carbocycles. The Balaban J connectivity index is 1.67. The number of anilines is 1. The van der Waals surface area contributed by atoms with Crippen molar-refractivity contribution in [1.82, 2.24) is 14.7 Å². The molecular weight excluding hydrogens is 264 g/mol. The van der Waals surface area contributed by atoms with Gasteiger partial charge in [0.25, 0.3) is 0 Å². The molecular formula is C16H26N4O. The second-order valence-electron chi connectivity index (χ2n) is 6.38. The highest BCUT2D eigenvalue weighted by molar-refractivity contribution is 5.84. The third-order valence-electron chi connectivity index (χ3n) is 5.03.